The van der Waals surface area contributed by atoms with E-state index >= 15 is 0 Å². The molecular weight excluding hydrogens is 376 g/mol. The van der Waals surface area contributed by atoms with Gasteiger partial charge in [-0.2, -0.15) is 0 Å². The fourth-order valence-corrected chi connectivity index (χ4v) is 3.47. The van der Waals surface area contributed by atoms with Crippen LogP contribution in [0.4, 0.5) is 5.82 Å². The number of ether oxygens (including phenoxy) is 1. The Balaban J connectivity index is 1.65. The molecule has 0 unspecified atom stereocenters. The number of nitrogen functional groups attached to an aromatic ring is 1. The average Bonchev–Trinajstić information content (AvgIpc) is 3.30. The normalized spacial score (nSPS) is 24.1. The molecule has 1 saturated heterocycles. The summed E-state index contributed by atoms with van der Waals surface area (Å²) in [6.45, 7) is 1.63. The van der Waals surface area contributed by atoms with E-state index in [-0.39, 0.29) is 11.7 Å². The van der Waals surface area contributed by atoms with E-state index in [9.17, 15) is 15.0 Å². The summed E-state index contributed by atoms with van der Waals surface area (Å²) in [7, 11) is 0. The Morgan fingerprint density at radius 3 is 2.72 bits per heavy atom. The second-order valence-corrected chi connectivity index (χ2v) is 6.87. The van der Waals surface area contributed by atoms with Crippen molar-refractivity contribution in [1.29, 1.82) is 0 Å². The quantitative estimate of drug-likeness (QED) is 0.470. The summed E-state index contributed by atoms with van der Waals surface area (Å²) < 4.78 is 7.37. The maximum atomic E-state index is 12.8. The number of rotatable bonds is 5. The number of nitrogens with one attached hydrogen (secondary N) is 1. The summed E-state index contributed by atoms with van der Waals surface area (Å²) in [5, 5.41) is 23.0. The van der Waals surface area contributed by atoms with Crippen molar-refractivity contribution in [3.8, 4) is 0 Å². The fourth-order valence-electron chi connectivity index (χ4n) is 3.47. The largest absolute Gasteiger partial charge is 0.394 e. The van der Waals surface area contributed by atoms with Gasteiger partial charge in [0.2, 0.25) is 0 Å². The molecule has 29 heavy (non-hydrogen) atoms. The van der Waals surface area contributed by atoms with E-state index in [2.05, 4.69) is 20.3 Å². The van der Waals surface area contributed by atoms with Gasteiger partial charge in [-0.15, -0.1) is 0 Å². The van der Waals surface area contributed by atoms with E-state index < -0.39 is 31.1 Å². The first-order valence-corrected chi connectivity index (χ1v) is 9.30. The van der Waals surface area contributed by atoms with Crippen molar-refractivity contribution in [3.63, 3.8) is 0 Å². The Bertz CT molecular complexity index is 1020. The second-order valence-electron chi connectivity index (χ2n) is 6.87. The minimum Gasteiger partial charge on any atom is -0.394 e. The standard InChI is InChI=1S/C19H22N6O4/c1-2-10-3-5-11(6-4-10)18(28)24-13-15(27)12(7-26)29-19(13)25-9-23-14-16(20)21-8-22-17(14)25/h3-6,8-9,12-13,15,19,26-27H,2,7H2,1H3,(H,24,28)(H2,20,21,22)/t12-,13-,15-,19-/m1/s1. The number of hydrogen-bond donors (Lipinski definition) is 4. The summed E-state index contributed by atoms with van der Waals surface area (Å²) in [5.41, 5.74) is 8.20. The molecule has 1 aliphatic rings. The van der Waals surface area contributed by atoms with Gasteiger partial charge in [-0.25, -0.2) is 15.0 Å². The van der Waals surface area contributed by atoms with Crippen molar-refractivity contribution in [1.82, 2.24) is 24.8 Å². The monoisotopic (exact) mass is 398 g/mol. The van der Waals surface area contributed by atoms with Crippen LogP contribution < -0.4 is 11.1 Å². The van der Waals surface area contributed by atoms with Gasteiger partial charge in [0, 0.05) is 5.56 Å². The molecule has 152 valence electrons. The summed E-state index contributed by atoms with van der Waals surface area (Å²) >= 11 is 0. The van der Waals surface area contributed by atoms with Crippen LogP contribution in [0, 0.1) is 0 Å². The maximum absolute atomic E-state index is 12.8. The van der Waals surface area contributed by atoms with Crippen LogP contribution in [0.1, 0.15) is 29.1 Å². The lowest BCUT2D eigenvalue weighted by Gasteiger charge is -2.23. The maximum Gasteiger partial charge on any atom is 0.251 e. The molecule has 10 nitrogen and oxygen atoms in total. The number of nitrogens with zero attached hydrogens (tertiary/aromatic N) is 4. The topological polar surface area (TPSA) is 148 Å². The third-order valence-corrected chi connectivity index (χ3v) is 5.13. The molecule has 0 spiro atoms. The van der Waals surface area contributed by atoms with Gasteiger partial charge in [0.1, 0.15) is 30.1 Å². The number of aromatic nitrogens is 4. The Labute approximate surface area is 166 Å². The van der Waals surface area contributed by atoms with Gasteiger partial charge in [-0.3, -0.25) is 9.36 Å². The molecule has 1 fully saturated rings. The van der Waals surface area contributed by atoms with Crippen LogP contribution in [0.5, 0.6) is 0 Å². The lowest BCUT2D eigenvalue weighted by atomic mass is 10.1. The number of aliphatic hydroxyl groups is 2. The number of imidazole rings is 1. The lowest BCUT2D eigenvalue weighted by Crippen LogP contribution is -2.46. The van der Waals surface area contributed by atoms with Gasteiger partial charge >= 0.3 is 0 Å². The van der Waals surface area contributed by atoms with Crippen molar-refractivity contribution >= 4 is 22.9 Å². The van der Waals surface area contributed by atoms with Crippen molar-refractivity contribution in [2.45, 2.75) is 37.8 Å². The lowest BCUT2D eigenvalue weighted by molar-refractivity contribution is -0.0440. The summed E-state index contributed by atoms with van der Waals surface area (Å²) in [6, 6.07) is 6.39. The first-order chi connectivity index (χ1) is 14.0. The third-order valence-electron chi connectivity index (χ3n) is 5.13. The summed E-state index contributed by atoms with van der Waals surface area (Å²) in [6.07, 6.45) is 0.802. The van der Waals surface area contributed by atoms with Crippen molar-refractivity contribution in [2.75, 3.05) is 12.3 Å². The Hall–Kier alpha value is -3.08. The van der Waals surface area contributed by atoms with E-state index in [1.54, 1.807) is 16.7 Å². The zero-order chi connectivity index (χ0) is 20.5. The number of benzene rings is 1. The summed E-state index contributed by atoms with van der Waals surface area (Å²) in [4.78, 5) is 25.1. The Kier molecular flexibility index (Phi) is 5.14. The molecule has 1 amide bonds. The number of fused-ring (bicyclic) bond motifs is 1. The van der Waals surface area contributed by atoms with Gasteiger partial charge in [0.15, 0.2) is 17.7 Å². The first-order valence-electron chi connectivity index (χ1n) is 9.30. The van der Waals surface area contributed by atoms with Crippen LogP contribution >= 0.6 is 0 Å². The number of amides is 1. The number of carbonyl (C=O) groups is 1. The highest BCUT2D eigenvalue weighted by molar-refractivity contribution is 5.94. The number of anilines is 1. The molecule has 4 rings (SSSR count). The van der Waals surface area contributed by atoms with Gasteiger partial charge in [0.25, 0.3) is 5.91 Å². The molecular formula is C19H22N6O4. The number of aryl methyl sites for hydroxylation is 1. The zero-order valence-corrected chi connectivity index (χ0v) is 15.8. The van der Waals surface area contributed by atoms with Gasteiger partial charge in [-0.1, -0.05) is 19.1 Å². The number of carbonyl (C=O) groups excluding carboxylic acids is 1. The van der Waals surface area contributed by atoms with Crippen molar-refractivity contribution in [3.05, 3.63) is 48.0 Å². The highest BCUT2D eigenvalue weighted by Crippen LogP contribution is 2.32. The predicted molar refractivity (Wildman–Crippen MR) is 104 cm³/mol. The zero-order valence-electron chi connectivity index (χ0n) is 15.8. The van der Waals surface area contributed by atoms with E-state index in [1.807, 2.05) is 19.1 Å². The summed E-state index contributed by atoms with van der Waals surface area (Å²) in [5.74, 6) is -0.148. The van der Waals surface area contributed by atoms with Crippen molar-refractivity contribution < 1.29 is 19.7 Å². The van der Waals surface area contributed by atoms with E-state index in [0.29, 0.717) is 16.7 Å². The molecule has 4 atom stereocenters. The van der Waals surface area contributed by atoms with Crippen LogP contribution in [0.25, 0.3) is 11.2 Å². The first kappa shape index (κ1) is 19.2. The minimum atomic E-state index is -1.12. The second kappa shape index (κ2) is 7.74. The number of hydrogen-bond acceptors (Lipinski definition) is 8. The average molecular weight is 398 g/mol. The molecule has 0 bridgehead atoms. The fraction of sp³-hybridized carbons (Fsp3) is 0.368. The molecule has 3 heterocycles. The van der Waals surface area contributed by atoms with E-state index in [1.165, 1.54) is 12.7 Å². The van der Waals surface area contributed by atoms with Crippen LogP contribution in [-0.2, 0) is 11.2 Å². The highest BCUT2D eigenvalue weighted by atomic mass is 16.5. The Morgan fingerprint density at radius 1 is 1.28 bits per heavy atom. The van der Waals surface area contributed by atoms with Crippen LogP contribution in [0.15, 0.2) is 36.9 Å². The molecule has 10 heteroatoms. The molecule has 2 aromatic heterocycles. The third kappa shape index (κ3) is 3.41. The van der Waals surface area contributed by atoms with Gasteiger partial charge in [-0.05, 0) is 24.1 Å². The van der Waals surface area contributed by atoms with E-state index in [4.69, 9.17) is 10.5 Å². The molecule has 3 aromatic rings. The highest BCUT2D eigenvalue weighted by Gasteiger charge is 2.45. The molecule has 0 radical (unpaired) electrons. The smallest absolute Gasteiger partial charge is 0.251 e. The van der Waals surface area contributed by atoms with Crippen LogP contribution in [0.2, 0.25) is 0 Å². The van der Waals surface area contributed by atoms with Gasteiger partial charge in [0.05, 0.1) is 12.9 Å². The molecule has 1 aromatic carbocycles. The van der Waals surface area contributed by atoms with Crippen molar-refractivity contribution in [2.24, 2.45) is 0 Å². The molecule has 5 N–H and O–H groups in total. The van der Waals surface area contributed by atoms with Gasteiger partial charge < -0.3 is 26.0 Å². The molecule has 0 saturated carbocycles. The molecule has 0 aliphatic carbocycles. The predicted octanol–water partition coefficient (Wildman–Crippen LogP) is 0.0201. The minimum absolute atomic E-state index is 0.211. The number of aliphatic hydroxyl groups excluding tert-OH is 2. The SMILES string of the molecule is CCc1ccc(C(=O)N[C@@H]2[C@H](O)[C@@H](CO)O[C@H]2n2cnc3c(N)ncnc32)cc1. The van der Waals surface area contributed by atoms with Crippen LogP contribution in [-0.4, -0.2) is 60.5 Å². The number of nitrogens with two attached hydrogens (primary N) is 1. The molecule has 1 aliphatic heterocycles. The van der Waals surface area contributed by atoms with Crippen LogP contribution in [0.3, 0.4) is 0 Å². The van der Waals surface area contributed by atoms with E-state index in [0.717, 1.165) is 12.0 Å². The Morgan fingerprint density at radius 2 is 2.03 bits per heavy atom.